The van der Waals surface area contributed by atoms with E-state index < -0.39 is 0 Å². The van der Waals surface area contributed by atoms with Gasteiger partial charge in [-0.25, -0.2) is 0 Å². The number of amides is 1. The summed E-state index contributed by atoms with van der Waals surface area (Å²) in [5, 5.41) is 3.90. The average Bonchev–Trinajstić information content (AvgIpc) is 2.86. The molecule has 0 radical (unpaired) electrons. The van der Waals surface area contributed by atoms with Crippen molar-refractivity contribution in [3.8, 4) is 0 Å². The average molecular weight is 314 g/mol. The van der Waals surface area contributed by atoms with Crippen LogP contribution in [0.2, 0.25) is 0 Å². The Bertz CT molecular complexity index is 689. The standard InChI is InChI=1S/C18H22N2O3/c1-12-17(13(2)23-19-12)9-18(21)20(3)10-16-8-14-6-4-5-7-15(14)11-22-16/h4-7,16H,8-11H2,1-3H3/t16-/m1/s1. The van der Waals surface area contributed by atoms with Gasteiger partial charge in [0.05, 0.1) is 24.8 Å². The minimum Gasteiger partial charge on any atom is -0.371 e. The van der Waals surface area contributed by atoms with E-state index in [1.165, 1.54) is 11.1 Å². The molecule has 0 spiro atoms. The summed E-state index contributed by atoms with van der Waals surface area (Å²) in [6.07, 6.45) is 1.21. The van der Waals surface area contributed by atoms with Gasteiger partial charge in [-0.05, 0) is 25.0 Å². The maximum Gasteiger partial charge on any atom is 0.227 e. The van der Waals surface area contributed by atoms with Gasteiger partial charge in [0.2, 0.25) is 5.91 Å². The molecular weight excluding hydrogens is 292 g/mol. The minimum atomic E-state index is 0.0449. The molecule has 0 N–H and O–H groups in total. The SMILES string of the molecule is Cc1noc(C)c1CC(=O)N(C)C[C@H]1Cc2ccccc2CO1. The number of likely N-dealkylation sites (N-methyl/N-ethyl adjacent to an activating group) is 1. The topological polar surface area (TPSA) is 55.6 Å². The Labute approximate surface area is 136 Å². The van der Waals surface area contributed by atoms with E-state index in [1.54, 1.807) is 4.90 Å². The molecule has 0 bridgehead atoms. The maximum atomic E-state index is 12.4. The van der Waals surface area contributed by atoms with Gasteiger partial charge >= 0.3 is 0 Å². The van der Waals surface area contributed by atoms with Crippen molar-refractivity contribution in [1.82, 2.24) is 10.1 Å². The lowest BCUT2D eigenvalue weighted by molar-refractivity contribution is -0.131. The fourth-order valence-corrected chi connectivity index (χ4v) is 2.97. The van der Waals surface area contributed by atoms with Crippen molar-refractivity contribution in [2.75, 3.05) is 13.6 Å². The quantitative estimate of drug-likeness (QED) is 0.870. The molecule has 0 unspecified atom stereocenters. The first-order valence-electron chi connectivity index (χ1n) is 7.88. The predicted molar refractivity (Wildman–Crippen MR) is 86.0 cm³/mol. The van der Waals surface area contributed by atoms with E-state index in [0.717, 1.165) is 17.7 Å². The van der Waals surface area contributed by atoms with Crippen LogP contribution in [0.15, 0.2) is 28.8 Å². The molecule has 1 amide bonds. The van der Waals surface area contributed by atoms with Crippen molar-refractivity contribution in [3.63, 3.8) is 0 Å². The number of rotatable bonds is 4. The lowest BCUT2D eigenvalue weighted by atomic mass is 9.99. The highest BCUT2D eigenvalue weighted by molar-refractivity contribution is 5.79. The number of hydrogen-bond donors (Lipinski definition) is 0. The van der Waals surface area contributed by atoms with Gasteiger partial charge in [0.1, 0.15) is 5.76 Å². The third kappa shape index (κ3) is 3.45. The molecule has 5 nitrogen and oxygen atoms in total. The van der Waals surface area contributed by atoms with Crippen LogP contribution >= 0.6 is 0 Å². The zero-order valence-electron chi connectivity index (χ0n) is 13.8. The first-order valence-corrected chi connectivity index (χ1v) is 7.88. The van der Waals surface area contributed by atoms with E-state index in [-0.39, 0.29) is 12.0 Å². The molecule has 3 rings (SSSR count). The number of carbonyl (C=O) groups is 1. The summed E-state index contributed by atoms with van der Waals surface area (Å²) in [4.78, 5) is 14.2. The smallest absolute Gasteiger partial charge is 0.227 e. The van der Waals surface area contributed by atoms with Crippen molar-refractivity contribution >= 4 is 5.91 Å². The Morgan fingerprint density at radius 1 is 1.30 bits per heavy atom. The van der Waals surface area contributed by atoms with Gasteiger partial charge in [0.25, 0.3) is 0 Å². The van der Waals surface area contributed by atoms with Gasteiger partial charge in [0, 0.05) is 25.6 Å². The number of ether oxygens (including phenoxy) is 1. The van der Waals surface area contributed by atoms with Crippen molar-refractivity contribution < 1.29 is 14.1 Å². The number of carbonyl (C=O) groups excluding carboxylic acids is 1. The zero-order chi connectivity index (χ0) is 16.4. The third-order valence-electron chi connectivity index (χ3n) is 4.45. The van der Waals surface area contributed by atoms with Gasteiger partial charge in [-0.1, -0.05) is 29.4 Å². The Hall–Kier alpha value is -2.14. The largest absolute Gasteiger partial charge is 0.371 e. The zero-order valence-corrected chi connectivity index (χ0v) is 13.8. The second-order valence-electron chi connectivity index (χ2n) is 6.16. The highest BCUT2D eigenvalue weighted by atomic mass is 16.5. The highest BCUT2D eigenvalue weighted by Gasteiger charge is 2.23. The molecule has 2 aromatic rings. The lowest BCUT2D eigenvalue weighted by Gasteiger charge is -2.29. The van der Waals surface area contributed by atoms with E-state index >= 15 is 0 Å². The van der Waals surface area contributed by atoms with Gasteiger partial charge in [0.15, 0.2) is 0 Å². The van der Waals surface area contributed by atoms with Crippen LogP contribution in [0.1, 0.15) is 28.1 Å². The third-order valence-corrected chi connectivity index (χ3v) is 4.45. The van der Waals surface area contributed by atoms with Gasteiger partial charge < -0.3 is 14.2 Å². The molecule has 23 heavy (non-hydrogen) atoms. The fraction of sp³-hybridized carbons (Fsp3) is 0.444. The van der Waals surface area contributed by atoms with Crippen LogP contribution in [0.4, 0.5) is 0 Å². The molecule has 1 aromatic heterocycles. The fourth-order valence-electron chi connectivity index (χ4n) is 2.97. The molecule has 122 valence electrons. The van der Waals surface area contributed by atoms with E-state index in [1.807, 2.05) is 33.0 Å². The van der Waals surface area contributed by atoms with E-state index in [4.69, 9.17) is 9.26 Å². The van der Waals surface area contributed by atoms with Crippen LogP contribution in [0.5, 0.6) is 0 Å². The Balaban J connectivity index is 1.59. The molecule has 5 heteroatoms. The molecule has 1 aliphatic rings. The Kier molecular flexibility index (Phi) is 4.48. The summed E-state index contributed by atoms with van der Waals surface area (Å²) < 4.78 is 11.0. The van der Waals surface area contributed by atoms with Crippen LogP contribution in [-0.2, 0) is 29.0 Å². The van der Waals surface area contributed by atoms with E-state index in [2.05, 4.69) is 17.3 Å². The van der Waals surface area contributed by atoms with E-state index in [0.29, 0.717) is 25.3 Å². The number of aromatic nitrogens is 1. The first kappa shape index (κ1) is 15.7. The second kappa shape index (κ2) is 6.54. The minimum absolute atomic E-state index is 0.0449. The molecule has 1 aromatic carbocycles. The normalized spacial score (nSPS) is 16.9. The Morgan fingerprint density at radius 2 is 2.04 bits per heavy atom. The summed E-state index contributed by atoms with van der Waals surface area (Å²) in [6, 6.07) is 8.31. The monoisotopic (exact) mass is 314 g/mol. The van der Waals surface area contributed by atoms with Crippen molar-refractivity contribution in [1.29, 1.82) is 0 Å². The summed E-state index contributed by atoms with van der Waals surface area (Å²) in [5.41, 5.74) is 4.23. The van der Waals surface area contributed by atoms with Crippen LogP contribution in [-0.4, -0.2) is 35.7 Å². The van der Waals surface area contributed by atoms with E-state index in [9.17, 15) is 4.79 Å². The summed E-state index contributed by atoms with van der Waals surface area (Å²) in [7, 11) is 1.82. The number of fused-ring (bicyclic) bond motifs is 1. The number of aryl methyl sites for hydroxylation is 2. The van der Waals surface area contributed by atoms with Crippen molar-refractivity contribution in [2.45, 2.75) is 39.4 Å². The summed E-state index contributed by atoms with van der Waals surface area (Å²) in [5.74, 6) is 0.772. The second-order valence-corrected chi connectivity index (χ2v) is 6.16. The van der Waals surface area contributed by atoms with Crippen LogP contribution < -0.4 is 0 Å². The van der Waals surface area contributed by atoms with Gasteiger partial charge in [-0.3, -0.25) is 4.79 Å². The van der Waals surface area contributed by atoms with Gasteiger partial charge in [-0.2, -0.15) is 0 Å². The number of nitrogens with zero attached hydrogens (tertiary/aromatic N) is 2. The summed E-state index contributed by atoms with van der Waals surface area (Å²) >= 11 is 0. The molecule has 0 aliphatic carbocycles. The Morgan fingerprint density at radius 3 is 2.74 bits per heavy atom. The van der Waals surface area contributed by atoms with Gasteiger partial charge in [-0.15, -0.1) is 0 Å². The molecule has 0 saturated heterocycles. The lowest BCUT2D eigenvalue weighted by Crippen LogP contribution is -2.39. The summed E-state index contributed by atoms with van der Waals surface area (Å²) in [6.45, 7) is 4.91. The molecule has 0 saturated carbocycles. The molecule has 1 aliphatic heterocycles. The molecular formula is C18H22N2O3. The van der Waals surface area contributed by atoms with Crippen LogP contribution in [0.25, 0.3) is 0 Å². The molecule has 1 atom stereocenters. The predicted octanol–water partition coefficient (Wildman–Crippen LogP) is 2.43. The number of benzene rings is 1. The van der Waals surface area contributed by atoms with Crippen LogP contribution in [0.3, 0.4) is 0 Å². The van der Waals surface area contributed by atoms with Crippen LogP contribution in [0, 0.1) is 13.8 Å². The van der Waals surface area contributed by atoms with Crippen molar-refractivity contribution in [2.24, 2.45) is 0 Å². The first-order chi connectivity index (χ1) is 11.0. The highest BCUT2D eigenvalue weighted by Crippen LogP contribution is 2.21. The maximum absolute atomic E-state index is 12.4. The number of hydrogen-bond acceptors (Lipinski definition) is 4. The molecule has 0 fully saturated rings. The van der Waals surface area contributed by atoms with Crippen molar-refractivity contribution in [3.05, 3.63) is 52.4 Å². The molecule has 2 heterocycles.